The van der Waals surface area contributed by atoms with Crippen molar-refractivity contribution in [2.24, 2.45) is 14.1 Å². The molecule has 3 aromatic heterocycles. The fourth-order valence-corrected chi connectivity index (χ4v) is 2.66. The van der Waals surface area contributed by atoms with Crippen molar-refractivity contribution in [2.75, 3.05) is 12.3 Å². The number of aryl methyl sites for hydroxylation is 2. The molecule has 0 bridgehead atoms. The molecule has 0 spiro atoms. The van der Waals surface area contributed by atoms with Crippen molar-refractivity contribution < 1.29 is 4.79 Å². The number of hydrogen-bond donors (Lipinski definition) is 1. The van der Waals surface area contributed by atoms with Crippen molar-refractivity contribution in [3.8, 4) is 0 Å². The largest absolute Gasteiger partial charge is 0.351 e. The third-order valence-corrected chi connectivity index (χ3v) is 3.99. The van der Waals surface area contributed by atoms with Crippen LogP contribution in [0.2, 0.25) is 0 Å². The van der Waals surface area contributed by atoms with Gasteiger partial charge in [0.1, 0.15) is 11.2 Å². The Bertz CT molecular complexity index is 772. The van der Waals surface area contributed by atoms with E-state index in [2.05, 4.69) is 25.9 Å². The Hall–Kier alpha value is -2.36. The van der Waals surface area contributed by atoms with Crippen LogP contribution in [0.15, 0.2) is 23.7 Å². The summed E-state index contributed by atoms with van der Waals surface area (Å²) < 4.78 is 5.13. The first kappa shape index (κ1) is 13.6. The van der Waals surface area contributed by atoms with Crippen LogP contribution in [0.3, 0.4) is 0 Å². The zero-order chi connectivity index (χ0) is 14.8. The van der Waals surface area contributed by atoms with Crippen LogP contribution in [0.25, 0.3) is 5.65 Å². The Kier molecular flexibility index (Phi) is 3.60. The number of imidazole rings is 1. The van der Waals surface area contributed by atoms with Crippen molar-refractivity contribution in [1.82, 2.24) is 39.7 Å². The van der Waals surface area contributed by atoms with Gasteiger partial charge in [-0.25, -0.2) is 9.20 Å². The van der Waals surface area contributed by atoms with Crippen molar-refractivity contribution in [2.45, 2.75) is 5.16 Å². The average Bonchev–Trinajstić information content (AvgIpc) is 3.14. The maximum absolute atomic E-state index is 12.2. The number of hydrogen-bond acceptors (Lipinski definition) is 6. The smallest absolute Gasteiger partial charge is 0.256 e. The molecule has 0 atom stereocenters. The number of tetrazole rings is 1. The van der Waals surface area contributed by atoms with Crippen LogP contribution in [0.5, 0.6) is 0 Å². The molecule has 0 aliphatic carbocycles. The summed E-state index contributed by atoms with van der Waals surface area (Å²) in [5.41, 5.74) is 1.34. The van der Waals surface area contributed by atoms with Crippen LogP contribution in [-0.2, 0) is 14.1 Å². The van der Waals surface area contributed by atoms with Gasteiger partial charge in [0.2, 0.25) is 5.16 Å². The van der Waals surface area contributed by atoms with Gasteiger partial charge >= 0.3 is 0 Å². The highest BCUT2D eigenvalue weighted by Crippen LogP contribution is 2.12. The minimum Gasteiger partial charge on any atom is -0.351 e. The Morgan fingerprint density at radius 1 is 1.38 bits per heavy atom. The van der Waals surface area contributed by atoms with E-state index in [9.17, 15) is 4.79 Å². The molecule has 0 saturated heterocycles. The Morgan fingerprint density at radius 2 is 2.24 bits per heavy atom. The lowest BCUT2D eigenvalue weighted by atomic mass is 10.3. The van der Waals surface area contributed by atoms with Gasteiger partial charge in [0, 0.05) is 38.8 Å². The molecule has 0 saturated carbocycles. The Balaban J connectivity index is 1.57. The van der Waals surface area contributed by atoms with Gasteiger partial charge in [0.15, 0.2) is 0 Å². The molecule has 3 rings (SSSR count). The monoisotopic (exact) mass is 306 g/mol. The van der Waals surface area contributed by atoms with Crippen LogP contribution < -0.4 is 5.32 Å². The fraction of sp³-hybridized carbons (Fsp3) is 0.364. The van der Waals surface area contributed by atoms with Crippen LogP contribution in [0.4, 0.5) is 0 Å². The van der Waals surface area contributed by atoms with E-state index in [-0.39, 0.29) is 5.91 Å². The van der Waals surface area contributed by atoms with E-state index >= 15 is 0 Å². The summed E-state index contributed by atoms with van der Waals surface area (Å²) in [5.74, 6) is 0.556. The molecule has 9 nitrogen and oxygen atoms in total. The topological polar surface area (TPSA) is 94.9 Å². The zero-order valence-corrected chi connectivity index (χ0v) is 12.4. The maximum atomic E-state index is 12.2. The number of carbonyl (C=O) groups excluding carboxylic acids is 1. The SMILES string of the molecule is Cn1nnnc1SCCNC(=O)c1cnn2ccn(C)c12. The molecule has 0 radical (unpaired) electrons. The van der Waals surface area contributed by atoms with Gasteiger partial charge in [-0.3, -0.25) is 4.79 Å². The van der Waals surface area contributed by atoms with E-state index in [4.69, 9.17) is 0 Å². The third kappa shape index (κ3) is 2.61. The number of thioether (sulfide) groups is 1. The highest BCUT2D eigenvalue weighted by Gasteiger charge is 2.14. The summed E-state index contributed by atoms with van der Waals surface area (Å²) in [6.07, 6.45) is 5.24. The van der Waals surface area contributed by atoms with Crippen LogP contribution in [-0.4, -0.2) is 52.6 Å². The van der Waals surface area contributed by atoms with Crippen LogP contribution in [0, 0.1) is 0 Å². The minimum atomic E-state index is -0.136. The number of nitrogens with one attached hydrogen (secondary N) is 1. The minimum absolute atomic E-state index is 0.136. The zero-order valence-electron chi connectivity index (χ0n) is 11.6. The molecule has 0 aromatic carbocycles. The first-order valence-electron chi connectivity index (χ1n) is 6.29. The summed E-state index contributed by atoms with van der Waals surface area (Å²) in [6.45, 7) is 0.526. The summed E-state index contributed by atoms with van der Waals surface area (Å²) in [5, 5.41) is 18.9. The van der Waals surface area contributed by atoms with Crippen LogP contribution >= 0.6 is 11.8 Å². The van der Waals surface area contributed by atoms with Crippen molar-refractivity contribution in [1.29, 1.82) is 0 Å². The average molecular weight is 306 g/mol. The molecular formula is C11H14N8OS. The number of aromatic nitrogens is 7. The highest BCUT2D eigenvalue weighted by atomic mass is 32.2. The van der Waals surface area contributed by atoms with Gasteiger partial charge in [0.05, 0.1) is 6.20 Å². The molecular weight excluding hydrogens is 292 g/mol. The molecule has 3 aromatic rings. The molecule has 1 amide bonds. The second kappa shape index (κ2) is 5.56. The first-order valence-corrected chi connectivity index (χ1v) is 7.27. The van der Waals surface area contributed by atoms with Crippen LogP contribution in [0.1, 0.15) is 10.4 Å². The third-order valence-electron chi connectivity index (χ3n) is 2.98. The van der Waals surface area contributed by atoms with Crippen molar-refractivity contribution >= 4 is 23.3 Å². The van der Waals surface area contributed by atoms with E-state index in [1.54, 1.807) is 22.4 Å². The Labute approximate surface area is 124 Å². The number of rotatable bonds is 5. The summed E-state index contributed by atoms with van der Waals surface area (Å²) in [4.78, 5) is 12.2. The predicted octanol–water partition coefficient (Wildman–Crippen LogP) is -0.282. The molecule has 1 N–H and O–H groups in total. The van der Waals surface area contributed by atoms with Gasteiger partial charge < -0.3 is 9.88 Å². The molecule has 0 aliphatic heterocycles. The standard InChI is InChI=1S/C11H14N8OS/c1-17-4-5-19-10(17)8(7-13-19)9(20)12-3-6-21-11-14-15-16-18(11)2/h4-5,7H,3,6H2,1-2H3,(H,12,20). The lowest BCUT2D eigenvalue weighted by Gasteiger charge is -2.03. The molecule has 3 heterocycles. The predicted molar refractivity (Wildman–Crippen MR) is 76.0 cm³/mol. The van der Waals surface area contributed by atoms with Gasteiger partial charge in [-0.05, 0) is 10.4 Å². The molecule has 10 heteroatoms. The maximum Gasteiger partial charge on any atom is 0.256 e. The molecule has 0 aliphatic rings. The second-order valence-corrected chi connectivity index (χ2v) is 5.49. The molecule has 0 unspecified atom stereocenters. The summed E-state index contributed by atoms with van der Waals surface area (Å²) >= 11 is 1.49. The second-order valence-electron chi connectivity index (χ2n) is 4.42. The van der Waals surface area contributed by atoms with Gasteiger partial charge in [-0.1, -0.05) is 11.8 Å². The van der Waals surface area contributed by atoms with Gasteiger partial charge in [0.25, 0.3) is 5.91 Å². The number of amides is 1. The van der Waals surface area contributed by atoms with Crippen molar-refractivity contribution in [3.05, 3.63) is 24.2 Å². The lowest BCUT2D eigenvalue weighted by molar-refractivity contribution is 0.0957. The molecule has 21 heavy (non-hydrogen) atoms. The van der Waals surface area contributed by atoms with E-state index in [1.807, 2.05) is 24.0 Å². The highest BCUT2D eigenvalue weighted by molar-refractivity contribution is 7.99. The summed E-state index contributed by atoms with van der Waals surface area (Å²) in [7, 11) is 3.66. The summed E-state index contributed by atoms with van der Waals surface area (Å²) in [6, 6.07) is 0. The number of fused-ring (bicyclic) bond motifs is 1. The molecule has 110 valence electrons. The quantitative estimate of drug-likeness (QED) is 0.514. The number of carbonyl (C=O) groups is 1. The molecule has 0 fully saturated rings. The Morgan fingerprint density at radius 3 is 3.00 bits per heavy atom. The first-order chi connectivity index (χ1) is 10.2. The van der Waals surface area contributed by atoms with Crippen molar-refractivity contribution in [3.63, 3.8) is 0 Å². The normalized spacial score (nSPS) is 11.1. The van der Waals surface area contributed by atoms with E-state index in [0.29, 0.717) is 17.9 Å². The van der Waals surface area contributed by atoms with Gasteiger partial charge in [-0.15, -0.1) is 5.10 Å². The van der Waals surface area contributed by atoms with E-state index in [0.717, 1.165) is 10.8 Å². The number of nitrogens with zero attached hydrogens (tertiary/aromatic N) is 7. The van der Waals surface area contributed by atoms with E-state index < -0.39 is 0 Å². The fourth-order valence-electron chi connectivity index (χ4n) is 1.96. The lowest BCUT2D eigenvalue weighted by Crippen LogP contribution is -2.26. The van der Waals surface area contributed by atoms with E-state index in [1.165, 1.54) is 11.8 Å². The van der Waals surface area contributed by atoms with Gasteiger partial charge in [-0.2, -0.15) is 5.10 Å².